The maximum atomic E-state index is 13.4. The number of hydrogen-bond donors (Lipinski definition) is 0. The lowest BCUT2D eigenvalue weighted by atomic mass is 10.0. The Hall–Kier alpha value is -4.60. The first-order chi connectivity index (χ1) is 20.1. The van der Waals surface area contributed by atoms with Gasteiger partial charge in [0.25, 0.3) is 0 Å². The van der Waals surface area contributed by atoms with Crippen LogP contribution in [-0.2, 0) is 11.2 Å². The van der Waals surface area contributed by atoms with Gasteiger partial charge in [0, 0.05) is 29.8 Å². The zero-order valence-electron chi connectivity index (χ0n) is 22.1. The van der Waals surface area contributed by atoms with Crippen LogP contribution in [0.3, 0.4) is 0 Å². The molecule has 0 amide bonds. The summed E-state index contributed by atoms with van der Waals surface area (Å²) in [5.74, 6) is -11.6. The average Bonchev–Trinajstić information content (AvgIpc) is 3.20. The molecule has 1 aliphatic carbocycles. The highest BCUT2D eigenvalue weighted by atomic mass is 19.2. The van der Waals surface area contributed by atoms with Crippen molar-refractivity contribution in [1.29, 1.82) is 0 Å². The maximum absolute atomic E-state index is 13.4. The van der Waals surface area contributed by atoms with Gasteiger partial charge >= 0.3 is 11.9 Å². The molecule has 0 heterocycles. The van der Waals surface area contributed by atoms with Crippen molar-refractivity contribution in [2.45, 2.75) is 38.5 Å². The van der Waals surface area contributed by atoms with Crippen molar-refractivity contribution in [1.82, 2.24) is 0 Å². The summed E-state index contributed by atoms with van der Waals surface area (Å²) in [6.45, 7) is 0. The van der Waals surface area contributed by atoms with E-state index in [0.29, 0.717) is 24.3 Å². The lowest BCUT2D eigenvalue weighted by Crippen LogP contribution is -2.11. The molecule has 0 radical (unpaired) electrons. The summed E-state index contributed by atoms with van der Waals surface area (Å²) >= 11 is 0. The highest BCUT2D eigenvalue weighted by molar-refractivity contribution is 5.91. The molecule has 4 rings (SSSR count). The van der Waals surface area contributed by atoms with Crippen LogP contribution in [-0.4, -0.2) is 11.9 Å². The van der Waals surface area contributed by atoms with Crippen molar-refractivity contribution < 1.29 is 45.4 Å². The van der Waals surface area contributed by atoms with Crippen LogP contribution in [0.15, 0.2) is 84.0 Å². The zero-order chi connectivity index (χ0) is 30.2. The minimum atomic E-state index is -1.64. The quantitative estimate of drug-likeness (QED) is 0.0789. The molecule has 0 spiro atoms. The van der Waals surface area contributed by atoms with Crippen LogP contribution in [0.1, 0.15) is 48.0 Å². The first-order valence-electron chi connectivity index (χ1n) is 13.0. The third-order valence-electron chi connectivity index (χ3n) is 6.39. The molecule has 0 aromatic heterocycles. The number of halogens is 6. The molecule has 3 aromatic carbocycles. The van der Waals surface area contributed by atoms with Gasteiger partial charge in [-0.2, -0.15) is 0 Å². The van der Waals surface area contributed by atoms with Gasteiger partial charge in [-0.05, 0) is 55.4 Å². The predicted molar refractivity (Wildman–Crippen MR) is 142 cm³/mol. The summed E-state index contributed by atoms with van der Waals surface area (Å²) in [6.07, 6.45) is 11.4. The maximum Gasteiger partial charge on any atom is 0.343 e. The molecule has 0 N–H and O–H groups in total. The van der Waals surface area contributed by atoms with Gasteiger partial charge in [0.15, 0.2) is 34.9 Å². The van der Waals surface area contributed by atoms with E-state index >= 15 is 0 Å². The van der Waals surface area contributed by atoms with Crippen molar-refractivity contribution in [2.75, 3.05) is 0 Å². The zero-order valence-corrected chi connectivity index (χ0v) is 22.1. The smallest absolute Gasteiger partial charge is 0.343 e. The minimum absolute atomic E-state index is 0.171. The summed E-state index contributed by atoms with van der Waals surface area (Å²) in [4.78, 5) is 24.6. The number of benzene rings is 3. The van der Waals surface area contributed by atoms with Crippen LogP contribution >= 0.6 is 0 Å². The second-order valence-electron chi connectivity index (χ2n) is 9.48. The van der Waals surface area contributed by atoms with Crippen LogP contribution < -0.4 is 9.47 Å². The lowest BCUT2D eigenvalue weighted by molar-refractivity contribution is -0.130. The van der Waals surface area contributed by atoms with E-state index in [9.17, 15) is 35.9 Å². The molecule has 0 saturated heterocycles. The van der Waals surface area contributed by atoms with E-state index in [1.54, 1.807) is 30.4 Å². The van der Waals surface area contributed by atoms with Crippen molar-refractivity contribution in [2.24, 2.45) is 0 Å². The summed E-state index contributed by atoms with van der Waals surface area (Å²) in [7, 11) is 0. The van der Waals surface area contributed by atoms with E-state index in [-0.39, 0.29) is 17.6 Å². The third kappa shape index (κ3) is 7.99. The molecule has 0 saturated carbocycles. The Labute approximate surface area is 237 Å². The number of carbonyl (C=O) groups excluding carboxylic acids is 2. The Bertz CT molecular complexity index is 1530. The monoisotopic (exact) mass is 586 g/mol. The Kier molecular flexibility index (Phi) is 10.0. The molecular formula is C32H24F6O4. The third-order valence-corrected chi connectivity index (χ3v) is 6.39. The summed E-state index contributed by atoms with van der Waals surface area (Å²) in [6, 6.07) is 8.97. The SMILES string of the molecule is O=C(Oc1cc(F)c(F)c(F)c1)C1=CC=C(CCCCCc2ccc(C(=O)Oc3cc(F)c(F)c(F)c3)cc2)C=CC1. The molecule has 1 aliphatic rings. The normalized spacial score (nSPS) is 12.8. The van der Waals surface area contributed by atoms with Gasteiger partial charge in [-0.3, -0.25) is 0 Å². The van der Waals surface area contributed by atoms with Gasteiger partial charge in [-0.1, -0.05) is 42.9 Å². The number of unbranched alkanes of at least 4 members (excludes halogenated alkanes) is 2. The van der Waals surface area contributed by atoms with Crippen molar-refractivity contribution in [3.63, 3.8) is 0 Å². The molecule has 0 unspecified atom stereocenters. The molecule has 218 valence electrons. The van der Waals surface area contributed by atoms with E-state index in [1.165, 1.54) is 12.1 Å². The fourth-order valence-corrected chi connectivity index (χ4v) is 4.15. The van der Waals surface area contributed by atoms with Crippen LogP contribution in [0.5, 0.6) is 11.5 Å². The fourth-order valence-electron chi connectivity index (χ4n) is 4.15. The van der Waals surface area contributed by atoms with Crippen molar-refractivity contribution >= 4 is 11.9 Å². The standard InChI is InChI=1S/C32H24F6O4/c33-25-15-23(16-26(34)29(25)37)41-31(39)21-8-4-7-19(9-12-21)5-2-1-3-6-20-10-13-22(14-11-20)32(40)42-24-17-27(35)30(38)28(36)18-24/h4,7,9-18H,1-3,5-6,8H2. The first kappa shape index (κ1) is 30.4. The molecule has 0 aliphatic heterocycles. The number of carbonyl (C=O) groups is 2. The molecule has 0 bridgehead atoms. The van der Waals surface area contributed by atoms with Gasteiger partial charge in [0.2, 0.25) is 0 Å². The van der Waals surface area contributed by atoms with Crippen LogP contribution in [0.25, 0.3) is 0 Å². The number of rotatable bonds is 10. The van der Waals surface area contributed by atoms with Crippen LogP contribution in [0.2, 0.25) is 0 Å². The van der Waals surface area contributed by atoms with E-state index in [4.69, 9.17) is 9.47 Å². The number of esters is 2. The molecule has 3 aromatic rings. The Morgan fingerprint density at radius 1 is 0.643 bits per heavy atom. The largest absolute Gasteiger partial charge is 0.423 e. The van der Waals surface area contributed by atoms with Gasteiger partial charge in [-0.25, -0.2) is 35.9 Å². The van der Waals surface area contributed by atoms with Gasteiger partial charge < -0.3 is 9.47 Å². The van der Waals surface area contributed by atoms with E-state index in [1.807, 2.05) is 6.08 Å². The first-order valence-corrected chi connectivity index (χ1v) is 13.0. The second kappa shape index (κ2) is 13.8. The topological polar surface area (TPSA) is 52.6 Å². The lowest BCUT2D eigenvalue weighted by Gasteiger charge is -2.07. The summed E-state index contributed by atoms with van der Waals surface area (Å²) in [5, 5.41) is 0. The fraction of sp³-hybridized carbons (Fsp3) is 0.188. The van der Waals surface area contributed by atoms with Crippen molar-refractivity contribution in [3.05, 3.63) is 130 Å². The molecule has 10 heteroatoms. The number of hydrogen-bond acceptors (Lipinski definition) is 4. The highest BCUT2D eigenvalue weighted by Crippen LogP contribution is 2.23. The van der Waals surface area contributed by atoms with Gasteiger partial charge in [-0.15, -0.1) is 0 Å². The number of ether oxygens (including phenoxy) is 2. The average molecular weight is 587 g/mol. The minimum Gasteiger partial charge on any atom is -0.423 e. The molecular weight excluding hydrogens is 562 g/mol. The molecule has 0 fully saturated rings. The predicted octanol–water partition coefficient (Wildman–Crippen LogP) is 8.26. The summed E-state index contributed by atoms with van der Waals surface area (Å²) < 4.78 is 89.5. The summed E-state index contributed by atoms with van der Waals surface area (Å²) in [5.41, 5.74) is 2.41. The van der Waals surface area contributed by atoms with Crippen molar-refractivity contribution in [3.8, 4) is 11.5 Å². The van der Waals surface area contributed by atoms with Gasteiger partial charge in [0.05, 0.1) is 5.56 Å². The number of aryl methyl sites for hydroxylation is 1. The Morgan fingerprint density at radius 2 is 1.17 bits per heavy atom. The second-order valence-corrected chi connectivity index (χ2v) is 9.48. The van der Waals surface area contributed by atoms with Crippen LogP contribution in [0, 0.1) is 34.9 Å². The number of allylic oxidation sites excluding steroid dienone is 5. The molecule has 0 atom stereocenters. The Morgan fingerprint density at radius 3 is 1.74 bits per heavy atom. The van der Waals surface area contributed by atoms with Crippen LogP contribution in [0.4, 0.5) is 26.3 Å². The molecule has 42 heavy (non-hydrogen) atoms. The van der Waals surface area contributed by atoms with E-state index in [0.717, 1.165) is 43.2 Å². The van der Waals surface area contributed by atoms with E-state index < -0.39 is 58.3 Å². The molecule has 4 nitrogen and oxygen atoms in total. The van der Waals surface area contributed by atoms with Gasteiger partial charge in [0.1, 0.15) is 11.5 Å². The Balaban J connectivity index is 1.21. The van der Waals surface area contributed by atoms with E-state index in [2.05, 4.69) is 0 Å². The highest BCUT2D eigenvalue weighted by Gasteiger charge is 2.17.